The molecule has 9 heteroatoms. The van der Waals surface area contributed by atoms with E-state index in [4.69, 9.17) is 9.47 Å². The highest BCUT2D eigenvalue weighted by molar-refractivity contribution is 5.91. The molecule has 0 atom stereocenters. The molecule has 0 aliphatic carbocycles. The average molecular weight is 499 g/mol. The number of benzene rings is 3. The van der Waals surface area contributed by atoms with Crippen molar-refractivity contribution in [3.63, 3.8) is 0 Å². The third-order valence-electron chi connectivity index (χ3n) is 6.21. The molecule has 1 aromatic heterocycles. The fourth-order valence-electron chi connectivity index (χ4n) is 4.31. The number of hydrogen-bond acceptors (Lipinski definition) is 6. The van der Waals surface area contributed by atoms with Gasteiger partial charge in [0.2, 0.25) is 12.5 Å². The first-order valence-electron chi connectivity index (χ1n) is 11.8. The van der Waals surface area contributed by atoms with Crippen molar-refractivity contribution in [2.75, 3.05) is 6.79 Å². The molecular weight excluding hydrogens is 472 g/mol. The second-order valence-corrected chi connectivity index (χ2v) is 9.08. The Kier molecular flexibility index (Phi) is 6.35. The molecule has 37 heavy (non-hydrogen) atoms. The summed E-state index contributed by atoms with van der Waals surface area (Å²) in [6, 6.07) is 18.4. The van der Waals surface area contributed by atoms with E-state index in [9.17, 15) is 14.4 Å². The molecule has 4 aromatic rings. The zero-order valence-corrected chi connectivity index (χ0v) is 20.8. The fraction of sp³-hybridized carbons (Fsp3) is 0.214. The summed E-state index contributed by atoms with van der Waals surface area (Å²) in [5.41, 5.74) is 3.08. The van der Waals surface area contributed by atoms with Gasteiger partial charge in [-0.15, -0.1) is 0 Å². The summed E-state index contributed by atoms with van der Waals surface area (Å²) in [4.78, 5) is 40.1. The van der Waals surface area contributed by atoms with Gasteiger partial charge in [-0.3, -0.25) is 14.2 Å². The van der Waals surface area contributed by atoms with Crippen molar-refractivity contribution in [1.82, 2.24) is 19.7 Å². The van der Waals surface area contributed by atoms with Crippen molar-refractivity contribution >= 4 is 5.91 Å². The van der Waals surface area contributed by atoms with Gasteiger partial charge in [0.25, 0.3) is 11.5 Å². The molecule has 1 amide bonds. The van der Waals surface area contributed by atoms with Crippen LogP contribution in [0.3, 0.4) is 0 Å². The lowest BCUT2D eigenvalue weighted by Crippen LogP contribution is -2.46. The molecule has 9 nitrogen and oxygen atoms in total. The summed E-state index contributed by atoms with van der Waals surface area (Å²) < 4.78 is 12.9. The van der Waals surface area contributed by atoms with Crippen molar-refractivity contribution in [2.45, 2.75) is 33.9 Å². The molecule has 1 aliphatic heterocycles. The maximum absolute atomic E-state index is 13.5. The van der Waals surface area contributed by atoms with Gasteiger partial charge in [-0.25, -0.2) is 4.79 Å². The third kappa shape index (κ3) is 4.88. The van der Waals surface area contributed by atoms with E-state index in [0.29, 0.717) is 17.2 Å². The normalized spacial score (nSPS) is 12.0. The topological polar surface area (TPSA) is 104 Å². The van der Waals surface area contributed by atoms with Crippen LogP contribution in [0.4, 0.5) is 0 Å². The second kappa shape index (κ2) is 9.77. The van der Waals surface area contributed by atoms with Crippen molar-refractivity contribution in [1.29, 1.82) is 0 Å². The Bertz CT molecular complexity index is 1620. The van der Waals surface area contributed by atoms with E-state index in [1.165, 1.54) is 0 Å². The van der Waals surface area contributed by atoms with Gasteiger partial charge in [0.05, 0.1) is 12.2 Å². The quantitative estimate of drug-likeness (QED) is 0.438. The van der Waals surface area contributed by atoms with Gasteiger partial charge in [0.15, 0.2) is 11.5 Å². The molecular formula is C28H26N4O5. The van der Waals surface area contributed by atoms with E-state index in [2.05, 4.69) is 10.4 Å². The number of aryl methyl sites for hydroxylation is 3. The lowest BCUT2D eigenvalue weighted by Gasteiger charge is -2.14. The molecule has 3 aromatic carbocycles. The first-order valence-corrected chi connectivity index (χ1v) is 11.8. The van der Waals surface area contributed by atoms with Crippen molar-refractivity contribution in [2.24, 2.45) is 0 Å². The number of rotatable bonds is 6. The average Bonchev–Trinajstić information content (AvgIpc) is 3.33. The SMILES string of the molecule is Cc1cc(C)cc(-n2nc(C(=O)NCc3ccc4c(c3)OCO4)c(=O)n(Cc3ccccc3C)c2=O)c1. The minimum absolute atomic E-state index is 0.0140. The smallest absolute Gasteiger partial charge is 0.352 e. The van der Waals surface area contributed by atoms with Crippen molar-refractivity contribution in [3.05, 3.63) is 115 Å². The Hall–Kier alpha value is -4.66. The van der Waals surface area contributed by atoms with Gasteiger partial charge >= 0.3 is 5.69 Å². The van der Waals surface area contributed by atoms with E-state index in [-0.39, 0.29) is 25.6 Å². The molecule has 0 saturated heterocycles. The van der Waals surface area contributed by atoms with Crippen LogP contribution in [0.15, 0.2) is 70.3 Å². The Labute approximate surface area is 212 Å². The molecule has 0 fully saturated rings. The van der Waals surface area contributed by atoms with Crippen LogP contribution in [-0.4, -0.2) is 27.0 Å². The zero-order valence-electron chi connectivity index (χ0n) is 20.8. The number of aromatic nitrogens is 3. The largest absolute Gasteiger partial charge is 0.454 e. The van der Waals surface area contributed by atoms with Crippen molar-refractivity contribution < 1.29 is 14.3 Å². The van der Waals surface area contributed by atoms with E-state index in [1.54, 1.807) is 30.3 Å². The van der Waals surface area contributed by atoms with Gasteiger partial charge in [0, 0.05) is 6.54 Å². The van der Waals surface area contributed by atoms with Crippen LogP contribution in [0.5, 0.6) is 11.5 Å². The molecule has 0 spiro atoms. The maximum Gasteiger partial charge on any atom is 0.352 e. The number of carbonyl (C=O) groups excluding carboxylic acids is 1. The number of nitrogens with zero attached hydrogens (tertiary/aromatic N) is 3. The first-order chi connectivity index (χ1) is 17.8. The lowest BCUT2D eigenvalue weighted by molar-refractivity contribution is 0.0941. The van der Waals surface area contributed by atoms with Crippen LogP contribution < -0.4 is 26.0 Å². The summed E-state index contributed by atoms with van der Waals surface area (Å²) in [5, 5.41) is 6.98. The highest BCUT2D eigenvalue weighted by Gasteiger charge is 2.21. The highest BCUT2D eigenvalue weighted by atomic mass is 16.7. The number of nitrogens with one attached hydrogen (secondary N) is 1. The van der Waals surface area contributed by atoms with Gasteiger partial charge in [-0.1, -0.05) is 36.4 Å². The van der Waals surface area contributed by atoms with Crippen LogP contribution in [0.1, 0.15) is 38.3 Å². The van der Waals surface area contributed by atoms with Crippen molar-refractivity contribution in [3.8, 4) is 17.2 Å². The lowest BCUT2D eigenvalue weighted by atomic mass is 10.1. The van der Waals surface area contributed by atoms with Gasteiger partial charge in [-0.2, -0.15) is 9.78 Å². The van der Waals surface area contributed by atoms with Gasteiger partial charge < -0.3 is 14.8 Å². The number of amides is 1. The minimum Gasteiger partial charge on any atom is -0.454 e. The Morgan fingerprint density at radius 1 is 0.946 bits per heavy atom. The van der Waals surface area contributed by atoms with Crippen LogP contribution in [0.2, 0.25) is 0 Å². The van der Waals surface area contributed by atoms with E-state index in [0.717, 1.165) is 37.1 Å². The molecule has 1 N–H and O–H groups in total. The second-order valence-electron chi connectivity index (χ2n) is 9.08. The molecule has 2 heterocycles. The number of hydrogen-bond donors (Lipinski definition) is 1. The molecule has 5 rings (SSSR count). The molecule has 0 radical (unpaired) electrons. The Balaban J connectivity index is 1.55. The standard InChI is InChI=1S/C28H26N4O5/c1-17-10-18(2)12-22(11-17)32-28(35)31(15-21-7-5-4-6-19(21)3)27(34)25(30-32)26(33)29-14-20-8-9-23-24(13-20)37-16-36-23/h4-13H,14-16H2,1-3H3,(H,29,33). The molecule has 1 aliphatic rings. The summed E-state index contributed by atoms with van der Waals surface area (Å²) in [6.45, 7) is 6.02. The Morgan fingerprint density at radius 3 is 2.43 bits per heavy atom. The summed E-state index contributed by atoms with van der Waals surface area (Å²) in [7, 11) is 0. The van der Waals surface area contributed by atoms with Crippen LogP contribution >= 0.6 is 0 Å². The molecule has 0 saturated carbocycles. The van der Waals surface area contributed by atoms with Gasteiger partial charge in [-0.05, 0) is 72.9 Å². The van der Waals surface area contributed by atoms with Crippen LogP contribution in [0.25, 0.3) is 5.69 Å². The summed E-state index contributed by atoms with van der Waals surface area (Å²) in [5.74, 6) is 0.546. The van der Waals surface area contributed by atoms with E-state index < -0.39 is 17.2 Å². The predicted molar refractivity (Wildman–Crippen MR) is 138 cm³/mol. The molecule has 0 bridgehead atoms. The highest BCUT2D eigenvalue weighted by Crippen LogP contribution is 2.32. The monoisotopic (exact) mass is 498 g/mol. The predicted octanol–water partition coefficient (Wildman–Crippen LogP) is 3.03. The molecule has 188 valence electrons. The van der Waals surface area contributed by atoms with Crippen LogP contribution in [0, 0.1) is 20.8 Å². The third-order valence-corrected chi connectivity index (χ3v) is 6.21. The van der Waals surface area contributed by atoms with Gasteiger partial charge in [0.1, 0.15) is 0 Å². The maximum atomic E-state index is 13.5. The Morgan fingerprint density at radius 2 is 1.68 bits per heavy atom. The first kappa shape index (κ1) is 24.1. The van der Waals surface area contributed by atoms with E-state index in [1.807, 2.05) is 51.1 Å². The summed E-state index contributed by atoms with van der Waals surface area (Å²) >= 11 is 0. The number of carbonyl (C=O) groups is 1. The molecule has 0 unspecified atom stereocenters. The zero-order chi connectivity index (χ0) is 26.1. The number of ether oxygens (including phenoxy) is 2. The minimum atomic E-state index is -0.753. The van der Waals surface area contributed by atoms with Crippen LogP contribution in [-0.2, 0) is 13.1 Å². The summed E-state index contributed by atoms with van der Waals surface area (Å²) in [6.07, 6.45) is 0. The van der Waals surface area contributed by atoms with E-state index >= 15 is 0 Å². The number of fused-ring (bicyclic) bond motifs is 1. The fourth-order valence-corrected chi connectivity index (χ4v) is 4.31.